The van der Waals surface area contributed by atoms with Gasteiger partial charge in [0.15, 0.2) is 0 Å². The second-order valence-electron chi connectivity index (χ2n) is 2.92. The summed E-state index contributed by atoms with van der Waals surface area (Å²) in [5.74, 6) is -1.38. The first-order chi connectivity index (χ1) is 8.72. The third kappa shape index (κ3) is 7.13. The number of rotatable bonds is 4. The van der Waals surface area contributed by atoms with Gasteiger partial charge in [-0.2, -0.15) is 5.10 Å². The highest BCUT2D eigenvalue weighted by atomic mass is 16.5. The fourth-order valence-electron chi connectivity index (χ4n) is 0.943. The van der Waals surface area contributed by atoms with Crippen LogP contribution < -0.4 is 10.9 Å². The van der Waals surface area contributed by atoms with Gasteiger partial charge < -0.3 is 0 Å². The van der Waals surface area contributed by atoms with Crippen LogP contribution in [0.5, 0.6) is 0 Å². The smallest absolute Gasteiger partial charge is 0.252 e. The summed E-state index contributed by atoms with van der Waals surface area (Å²) in [5, 5.41) is 11.8. The van der Waals surface area contributed by atoms with Gasteiger partial charge in [-0.25, -0.2) is 10.9 Å². The molecule has 1 rings (SSSR count). The Morgan fingerprint density at radius 2 is 1.83 bits per heavy atom. The van der Waals surface area contributed by atoms with Crippen LogP contribution in [0.1, 0.15) is 25.8 Å². The maximum Gasteiger partial charge on any atom is 0.252 e. The normalized spacial score (nSPS) is 9.28. The molecule has 2 amide bonds. The van der Waals surface area contributed by atoms with E-state index in [1.54, 1.807) is 0 Å². The van der Waals surface area contributed by atoms with Crippen LogP contribution in [-0.2, 0) is 9.59 Å². The summed E-state index contributed by atoms with van der Waals surface area (Å²) < 4.78 is 0. The maximum absolute atomic E-state index is 11.0. The summed E-state index contributed by atoms with van der Waals surface area (Å²) in [6, 6.07) is 9.17. The van der Waals surface area contributed by atoms with E-state index >= 15 is 0 Å². The predicted molar refractivity (Wildman–Crippen MR) is 68.1 cm³/mol. The van der Waals surface area contributed by atoms with Gasteiger partial charge in [0.2, 0.25) is 5.91 Å². The highest BCUT2D eigenvalue weighted by Crippen LogP contribution is 1.93. The van der Waals surface area contributed by atoms with Gasteiger partial charge in [0, 0.05) is 0 Å². The molecule has 6 nitrogen and oxygen atoms in total. The molecule has 1 aromatic carbocycles. The van der Waals surface area contributed by atoms with Crippen molar-refractivity contribution in [3.63, 3.8) is 0 Å². The Balaban J connectivity index is 0.00000137. The van der Waals surface area contributed by atoms with Crippen molar-refractivity contribution >= 4 is 18.0 Å². The molecule has 0 radical (unpaired) electrons. The van der Waals surface area contributed by atoms with Gasteiger partial charge >= 0.3 is 0 Å². The number of hydrogen-bond acceptors (Lipinski definition) is 4. The van der Waals surface area contributed by atoms with Crippen molar-refractivity contribution in [2.24, 2.45) is 5.10 Å². The third-order valence-electron chi connectivity index (χ3n) is 1.65. The minimum Gasteiger partial charge on any atom is -0.289 e. The van der Waals surface area contributed by atoms with Gasteiger partial charge in [0.25, 0.3) is 5.91 Å². The van der Waals surface area contributed by atoms with Crippen molar-refractivity contribution in [3.8, 4) is 0 Å². The summed E-state index contributed by atoms with van der Waals surface area (Å²) in [7, 11) is 0. The number of nitrogens with zero attached hydrogens (tertiary/aromatic N) is 1. The SMILES string of the molecule is CC.O=C(CC(=O)N/N=C/c1ccccc1)NO. The molecule has 0 unspecified atom stereocenters. The molecule has 0 saturated heterocycles. The van der Waals surface area contributed by atoms with Crippen LogP contribution in [0.4, 0.5) is 0 Å². The fraction of sp³-hybridized carbons (Fsp3) is 0.250. The molecule has 98 valence electrons. The maximum atomic E-state index is 11.0. The van der Waals surface area contributed by atoms with Crippen molar-refractivity contribution in [1.82, 2.24) is 10.9 Å². The van der Waals surface area contributed by atoms with Crippen molar-refractivity contribution in [3.05, 3.63) is 35.9 Å². The van der Waals surface area contributed by atoms with E-state index in [0.717, 1.165) is 5.56 Å². The largest absolute Gasteiger partial charge is 0.289 e. The third-order valence-corrected chi connectivity index (χ3v) is 1.65. The molecular weight excluding hydrogens is 234 g/mol. The average molecular weight is 251 g/mol. The highest BCUT2D eigenvalue weighted by Gasteiger charge is 2.06. The number of benzene rings is 1. The summed E-state index contributed by atoms with van der Waals surface area (Å²) in [4.78, 5) is 21.6. The van der Waals surface area contributed by atoms with Crippen molar-refractivity contribution in [2.75, 3.05) is 0 Å². The van der Waals surface area contributed by atoms with E-state index in [0.29, 0.717) is 0 Å². The Hall–Kier alpha value is -2.21. The lowest BCUT2D eigenvalue weighted by molar-refractivity contribution is -0.134. The molecule has 0 aliphatic carbocycles. The van der Waals surface area contributed by atoms with Gasteiger partial charge in [-0.05, 0) is 5.56 Å². The lowest BCUT2D eigenvalue weighted by Gasteiger charge is -1.97. The first-order valence-corrected chi connectivity index (χ1v) is 5.52. The van der Waals surface area contributed by atoms with Gasteiger partial charge in [-0.15, -0.1) is 0 Å². The molecule has 0 fully saturated rings. The standard InChI is InChI=1S/C10H11N3O3.C2H6/c14-9(6-10(15)13-16)12-11-7-8-4-2-1-3-5-8;1-2/h1-5,7,16H,6H2,(H,12,14)(H,13,15);1-2H3/b11-7+;. The molecular formula is C12H17N3O3. The van der Waals surface area contributed by atoms with Crippen LogP contribution in [0.3, 0.4) is 0 Å². The molecule has 0 heterocycles. The van der Waals surface area contributed by atoms with Crippen LogP contribution in [0.2, 0.25) is 0 Å². The summed E-state index contributed by atoms with van der Waals surface area (Å²) >= 11 is 0. The molecule has 1 aromatic rings. The molecule has 6 heteroatoms. The van der Waals surface area contributed by atoms with Gasteiger partial charge in [-0.3, -0.25) is 14.8 Å². The van der Waals surface area contributed by atoms with E-state index in [1.165, 1.54) is 11.7 Å². The first-order valence-electron chi connectivity index (χ1n) is 5.52. The summed E-state index contributed by atoms with van der Waals surface area (Å²) in [6.45, 7) is 4.00. The molecule has 0 aliphatic rings. The van der Waals surface area contributed by atoms with Gasteiger partial charge in [0.1, 0.15) is 6.42 Å². The first kappa shape index (κ1) is 15.8. The second kappa shape index (κ2) is 9.98. The van der Waals surface area contributed by atoms with Crippen LogP contribution in [0, 0.1) is 0 Å². The summed E-state index contributed by atoms with van der Waals surface area (Å²) in [6.07, 6.45) is 0.984. The molecule has 0 atom stereocenters. The van der Waals surface area contributed by atoms with E-state index in [9.17, 15) is 9.59 Å². The highest BCUT2D eigenvalue weighted by molar-refractivity contribution is 5.96. The zero-order valence-electron chi connectivity index (χ0n) is 10.4. The molecule has 3 N–H and O–H groups in total. The van der Waals surface area contributed by atoms with E-state index < -0.39 is 18.2 Å². The zero-order valence-corrected chi connectivity index (χ0v) is 10.4. The molecule has 0 aliphatic heterocycles. The second-order valence-corrected chi connectivity index (χ2v) is 2.92. The fourth-order valence-corrected chi connectivity index (χ4v) is 0.943. The minimum absolute atomic E-state index is 0.470. The Morgan fingerprint density at radius 3 is 2.39 bits per heavy atom. The Kier molecular flexibility index (Phi) is 8.75. The van der Waals surface area contributed by atoms with Crippen LogP contribution in [-0.4, -0.2) is 23.2 Å². The molecule has 0 saturated carbocycles. The van der Waals surface area contributed by atoms with Gasteiger partial charge in [-0.1, -0.05) is 44.2 Å². The Morgan fingerprint density at radius 1 is 1.22 bits per heavy atom. The quantitative estimate of drug-likeness (QED) is 0.323. The molecule has 18 heavy (non-hydrogen) atoms. The van der Waals surface area contributed by atoms with Crippen molar-refractivity contribution < 1.29 is 14.8 Å². The van der Waals surface area contributed by atoms with E-state index in [2.05, 4.69) is 10.5 Å². The Bertz CT molecular complexity index is 391. The van der Waals surface area contributed by atoms with Crippen LogP contribution >= 0.6 is 0 Å². The van der Waals surface area contributed by atoms with E-state index in [4.69, 9.17) is 5.21 Å². The number of nitrogens with one attached hydrogen (secondary N) is 2. The molecule has 0 spiro atoms. The van der Waals surface area contributed by atoms with Crippen LogP contribution in [0.15, 0.2) is 35.4 Å². The van der Waals surface area contributed by atoms with Crippen molar-refractivity contribution in [1.29, 1.82) is 0 Å². The monoisotopic (exact) mass is 251 g/mol. The predicted octanol–water partition coefficient (Wildman–Crippen LogP) is 1.06. The number of carbonyl (C=O) groups is 2. The van der Waals surface area contributed by atoms with Gasteiger partial charge in [0.05, 0.1) is 6.21 Å². The number of hydroxylamine groups is 1. The average Bonchev–Trinajstić information content (AvgIpc) is 2.42. The number of amides is 2. The van der Waals surface area contributed by atoms with E-state index in [1.807, 2.05) is 44.2 Å². The minimum atomic E-state index is -0.785. The number of hydrazone groups is 1. The lowest BCUT2D eigenvalue weighted by atomic mass is 10.2. The molecule has 0 bridgehead atoms. The van der Waals surface area contributed by atoms with Crippen LogP contribution in [0.25, 0.3) is 0 Å². The number of hydrogen-bond donors (Lipinski definition) is 3. The number of carbonyl (C=O) groups excluding carboxylic acids is 2. The molecule has 0 aromatic heterocycles. The van der Waals surface area contributed by atoms with E-state index in [-0.39, 0.29) is 0 Å². The Labute approximate surface area is 106 Å². The van der Waals surface area contributed by atoms with Crippen molar-refractivity contribution in [2.45, 2.75) is 20.3 Å². The topological polar surface area (TPSA) is 90.8 Å². The lowest BCUT2D eigenvalue weighted by Crippen LogP contribution is -2.27. The zero-order chi connectivity index (χ0) is 13.8. The summed E-state index contributed by atoms with van der Waals surface area (Å²) in [5.41, 5.74) is 4.34.